The molecule has 1 fully saturated rings. The average molecular weight is 515 g/mol. The molecule has 7 atom stereocenters. The Labute approximate surface area is 201 Å². The van der Waals surface area contributed by atoms with Crippen molar-refractivity contribution in [3.63, 3.8) is 0 Å². The third kappa shape index (κ3) is 10.2. The largest absolute Gasteiger partial charge is 0.532 e. The van der Waals surface area contributed by atoms with Crippen LogP contribution < -0.4 is 0 Å². The van der Waals surface area contributed by atoms with E-state index in [1.54, 1.807) is 0 Å². The predicted molar refractivity (Wildman–Crippen MR) is 122 cm³/mol. The molecule has 0 saturated heterocycles. The second kappa shape index (κ2) is 15.5. The van der Waals surface area contributed by atoms with E-state index in [1.165, 1.54) is 51.4 Å². The van der Waals surface area contributed by atoms with Crippen molar-refractivity contribution in [3.05, 3.63) is 0 Å². The molecule has 1 aliphatic carbocycles. The third-order valence-corrected chi connectivity index (χ3v) is 7.12. The average Bonchev–Trinajstić information content (AvgIpc) is 2.77. The van der Waals surface area contributed by atoms with Crippen LogP contribution in [0.3, 0.4) is 0 Å². The summed E-state index contributed by atoms with van der Waals surface area (Å²) in [4.78, 5) is 21.6. The van der Waals surface area contributed by atoms with Crippen LogP contribution in [-0.4, -0.2) is 77.8 Å². The van der Waals surface area contributed by atoms with Gasteiger partial charge in [-0.1, -0.05) is 84.0 Å². The molecule has 7 N–H and O–H groups in total. The fourth-order valence-corrected chi connectivity index (χ4v) is 4.98. The monoisotopic (exact) mass is 514 g/mol. The van der Waals surface area contributed by atoms with Gasteiger partial charge in [0.25, 0.3) is 0 Å². The minimum absolute atomic E-state index is 0.181. The smallest absolute Gasteiger partial charge is 0.387 e. The van der Waals surface area contributed by atoms with E-state index in [1.807, 2.05) is 0 Å². The number of unbranched alkanes of at least 4 members (excludes halogenated alkanes) is 12. The first-order chi connectivity index (χ1) is 16.0. The van der Waals surface area contributed by atoms with Gasteiger partial charge in [0.2, 0.25) is 5.79 Å². The maximum atomic E-state index is 12.1. The van der Waals surface area contributed by atoms with Gasteiger partial charge in [0.15, 0.2) is 0 Å². The Morgan fingerprint density at radius 2 is 1.12 bits per heavy atom. The fraction of sp³-hybridized carbons (Fsp3) is 0.955. The number of hydrogen-bond acceptors (Lipinski definition) is 10. The Hall–Kier alpha value is -0.620. The van der Waals surface area contributed by atoms with Crippen molar-refractivity contribution in [2.75, 3.05) is 0 Å². The maximum Gasteiger partial charge on any atom is 0.532 e. The van der Waals surface area contributed by atoms with Crippen LogP contribution in [0.25, 0.3) is 0 Å². The number of aliphatic hydroxyl groups is 6. The molecule has 12 heteroatoms. The van der Waals surface area contributed by atoms with E-state index >= 15 is 0 Å². The zero-order chi connectivity index (χ0) is 25.8. The van der Waals surface area contributed by atoms with Crippen LogP contribution in [0.5, 0.6) is 0 Å². The molecule has 34 heavy (non-hydrogen) atoms. The van der Waals surface area contributed by atoms with Gasteiger partial charge in [-0.25, -0.2) is 9.09 Å². The zero-order valence-electron chi connectivity index (χ0n) is 20.0. The summed E-state index contributed by atoms with van der Waals surface area (Å²) in [6.07, 6.45) is 2.77. The lowest BCUT2D eigenvalue weighted by molar-refractivity contribution is -0.336. The van der Waals surface area contributed by atoms with Crippen LogP contribution >= 0.6 is 7.82 Å². The van der Waals surface area contributed by atoms with Gasteiger partial charge >= 0.3 is 13.8 Å². The maximum absolute atomic E-state index is 12.1. The molecule has 0 amide bonds. The minimum Gasteiger partial charge on any atom is -0.387 e. The number of carbonyl (C=O) groups is 1. The SMILES string of the molecule is CCCCCCCCCCCCCCCC(=O)OP(=O)(O)OC1(O)[C@H](O)[C@H](O)C(O)[C@H](O)[C@H]1O. The molecular weight excluding hydrogens is 471 g/mol. The Bertz CT molecular complexity index is 616. The van der Waals surface area contributed by atoms with Crippen LogP contribution in [0.15, 0.2) is 0 Å². The molecule has 1 saturated carbocycles. The van der Waals surface area contributed by atoms with E-state index in [0.29, 0.717) is 6.42 Å². The van der Waals surface area contributed by atoms with Crippen molar-refractivity contribution in [2.24, 2.45) is 0 Å². The number of phosphoric ester groups is 1. The number of hydrogen-bond donors (Lipinski definition) is 7. The summed E-state index contributed by atoms with van der Waals surface area (Å²) in [5, 5.41) is 58.8. The zero-order valence-corrected chi connectivity index (χ0v) is 20.9. The van der Waals surface area contributed by atoms with E-state index in [2.05, 4.69) is 16.0 Å². The molecule has 1 aliphatic rings. The van der Waals surface area contributed by atoms with Gasteiger partial charge in [0.05, 0.1) is 0 Å². The first-order valence-electron chi connectivity index (χ1n) is 12.3. The normalized spacial score (nSPS) is 31.2. The fourth-order valence-electron chi connectivity index (χ4n) is 4.01. The summed E-state index contributed by atoms with van der Waals surface area (Å²) in [5.74, 6) is -4.45. The van der Waals surface area contributed by atoms with Gasteiger partial charge < -0.3 is 35.2 Å². The number of rotatable bonds is 17. The van der Waals surface area contributed by atoms with Crippen LogP contribution in [0.1, 0.15) is 96.8 Å². The Balaban J connectivity index is 2.24. The first kappa shape index (κ1) is 31.4. The summed E-state index contributed by atoms with van der Waals surface area (Å²) in [7, 11) is -5.34. The predicted octanol–water partition coefficient (Wildman–Crippen LogP) is 1.63. The van der Waals surface area contributed by atoms with Crippen LogP contribution in [0, 0.1) is 0 Å². The molecule has 3 unspecified atom stereocenters. The molecule has 202 valence electrons. The summed E-state index contributed by atoms with van der Waals surface area (Å²) >= 11 is 0. The number of carbonyl (C=O) groups excluding carboxylic acids is 1. The van der Waals surface area contributed by atoms with Crippen LogP contribution in [0.4, 0.5) is 0 Å². The van der Waals surface area contributed by atoms with Crippen molar-refractivity contribution >= 4 is 13.8 Å². The summed E-state index contributed by atoms with van der Waals surface area (Å²) in [5.41, 5.74) is 0. The molecule has 0 radical (unpaired) electrons. The number of aliphatic hydroxyl groups excluding tert-OH is 5. The second-order valence-corrected chi connectivity index (χ2v) is 10.4. The van der Waals surface area contributed by atoms with E-state index in [-0.39, 0.29) is 6.42 Å². The van der Waals surface area contributed by atoms with Crippen molar-refractivity contribution in [1.29, 1.82) is 0 Å². The van der Waals surface area contributed by atoms with Gasteiger partial charge in [-0.3, -0.25) is 9.69 Å². The van der Waals surface area contributed by atoms with Gasteiger partial charge in [-0.15, -0.1) is 0 Å². The quantitative estimate of drug-likeness (QED) is 0.0847. The molecule has 11 nitrogen and oxygen atoms in total. The van der Waals surface area contributed by atoms with Crippen LogP contribution in [0.2, 0.25) is 0 Å². The molecular formula is C22H43O11P. The third-order valence-electron chi connectivity index (χ3n) is 6.16. The Kier molecular flexibility index (Phi) is 14.3. The molecule has 1 rings (SSSR count). The topological polar surface area (TPSA) is 194 Å². The standard InChI is InChI=1S/C22H43O11P/c1-2-3-4-5-6-7-8-9-10-11-12-13-14-15-16(23)32-34(30,31)33-22(29)20(27)18(25)17(24)19(26)21(22)28/h17-21,24-29H,2-15H2,1H3,(H,30,31)/t17?,18-,19+,20-,21-,22?/m1/s1. The van der Waals surface area contributed by atoms with Crippen molar-refractivity contribution in [3.8, 4) is 0 Å². The van der Waals surface area contributed by atoms with Gasteiger partial charge in [-0.05, 0) is 6.42 Å². The lowest BCUT2D eigenvalue weighted by Crippen LogP contribution is -2.71. The highest BCUT2D eigenvalue weighted by molar-refractivity contribution is 7.48. The van der Waals surface area contributed by atoms with Crippen molar-refractivity contribution in [2.45, 2.75) is 133 Å². The Morgan fingerprint density at radius 3 is 1.53 bits per heavy atom. The van der Waals surface area contributed by atoms with E-state index in [0.717, 1.165) is 25.7 Å². The first-order valence-corrected chi connectivity index (χ1v) is 13.8. The van der Waals surface area contributed by atoms with E-state index in [4.69, 9.17) is 0 Å². The second-order valence-electron chi connectivity index (χ2n) is 9.13. The Morgan fingerprint density at radius 1 is 0.735 bits per heavy atom. The summed E-state index contributed by atoms with van der Waals surface area (Å²) in [6, 6.07) is 0. The highest BCUT2D eigenvalue weighted by atomic mass is 31.2. The number of phosphoric acid groups is 1. The highest BCUT2D eigenvalue weighted by Crippen LogP contribution is 2.50. The molecule has 0 bridgehead atoms. The van der Waals surface area contributed by atoms with Gasteiger partial charge in [0.1, 0.15) is 30.5 Å². The molecule has 0 heterocycles. The van der Waals surface area contributed by atoms with E-state index in [9.17, 15) is 44.9 Å². The molecule has 0 aliphatic heterocycles. The molecule has 0 aromatic carbocycles. The lowest BCUT2D eigenvalue weighted by atomic mass is 9.82. The summed E-state index contributed by atoms with van der Waals surface area (Å²) in [6.45, 7) is 2.20. The van der Waals surface area contributed by atoms with Crippen molar-refractivity contribution < 1.29 is 53.9 Å². The molecule has 0 aromatic rings. The van der Waals surface area contributed by atoms with Gasteiger partial charge in [0, 0.05) is 6.42 Å². The summed E-state index contributed by atoms with van der Waals surface area (Å²) < 4.78 is 20.8. The highest BCUT2D eigenvalue weighted by Gasteiger charge is 2.61. The van der Waals surface area contributed by atoms with Crippen LogP contribution in [-0.2, 0) is 18.4 Å². The molecule has 0 aromatic heterocycles. The van der Waals surface area contributed by atoms with Crippen molar-refractivity contribution in [1.82, 2.24) is 0 Å². The molecule has 0 spiro atoms. The van der Waals surface area contributed by atoms with Gasteiger partial charge in [-0.2, -0.15) is 0 Å². The minimum atomic E-state index is -5.34. The lowest BCUT2D eigenvalue weighted by Gasteiger charge is -2.46. The van der Waals surface area contributed by atoms with E-state index < -0.39 is 50.1 Å².